The molecule has 4 rings (SSSR count). The first kappa shape index (κ1) is 14.2. The summed E-state index contributed by atoms with van der Waals surface area (Å²) >= 11 is 0. The van der Waals surface area contributed by atoms with E-state index in [-0.39, 0.29) is 12.0 Å². The second-order valence-corrected chi connectivity index (χ2v) is 6.40. The van der Waals surface area contributed by atoms with Gasteiger partial charge in [-0.25, -0.2) is 0 Å². The third-order valence-corrected chi connectivity index (χ3v) is 4.74. The van der Waals surface area contributed by atoms with Crippen molar-refractivity contribution in [3.63, 3.8) is 0 Å². The first-order valence-electron chi connectivity index (χ1n) is 8.10. The Morgan fingerprint density at radius 1 is 1.17 bits per heavy atom. The van der Waals surface area contributed by atoms with Crippen molar-refractivity contribution in [2.45, 2.75) is 37.8 Å². The van der Waals surface area contributed by atoms with Crippen LogP contribution in [-0.2, 0) is 0 Å². The van der Waals surface area contributed by atoms with E-state index in [1.807, 2.05) is 24.5 Å². The summed E-state index contributed by atoms with van der Waals surface area (Å²) in [5.74, 6) is 0.965. The lowest BCUT2D eigenvalue weighted by Crippen LogP contribution is -2.44. The van der Waals surface area contributed by atoms with Gasteiger partial charge in [-0.1, -0.05) is 30.3 Å². The molecule has 1 fully saturated rings. The van der Waals surface area contributed by atoms with Gasteiger partial charge in [0.2, 0.25) is 5.52 Å². The molecule has 1 aromatic carbocycles. The maximum atomic E-state index is 10.5. The summed E-state index contributed by atoms with van der Waals surface area (Å²) < 4.78 is 1.25. The van der Waals surface area contributed by atoms with Crippen molar-refractivity contribution in [1.29, 1.82) is 0 Å². The van der Waals surface area contributed by atoms with E-state index < -0.39 is 0 Å². The Hall–Kier alpha value is -2.40. The molecule has 3 N–H and O–H groups in total. The number of rotatable bonds is 2. The molecule has 5 nitrogen and oxygen atoms in total. The normalized spacial score (nSPS) is 24.8. The van der Waals surface area contributed by atoms with Crippen LogP contribution in [0.5, 0.6) is 0 Å². The van der Waals surface area contributed by atoms with Gasteiger partial charge < -0.3 is 15.5 Å². The minimum absolute atomic E-state index is 0.223. The molecular formula is C18H21N4O+. The zero-order chi connectivity index (χ0) is 15.8. The first-order chi connectivity index (χ1) is 11.2. The molecule has 0 spiro atoms. The smallest absolute Gasteiger partial charge is 0.340 e. The van der Waals surface area contributed by atoms with E-state index in [0.29, 0.717) is 6.04 Å². The highest BCUT2D eigenvalue weighted by atomic mass is 16.5. The number of fused-ring (bicyclic) bond motifs is 1. The van der Waals surface area contributed by atoms with Crippen molar-refractivity contribution < 1.29 is 9.94 Å². The lowest BCUT2D eigenvalue weighted by molar-refractivity contribution is -0.892. The predicted molar refractivity (Wildman–Crippen MR) is 87.2 cm³/mol. The average molecular weight is 309 g/mol. The Kier molecular flexibility index (Phi) is 3.50. The molecule has 5 heteroatoms. The van der Waals surface area contributed by atoms with Crippen molar-refractivity contribution in [2.24, 2.45) is 0 Å². The summed E-state index contributed by atoms with van der Waals surface area (Å²) in [6.07, 6.45) is 5.52. The molecule has 1 saturated heterocycles. The lowest BCUT2D eigenvalue weighted by Gasteiger charge is -2.33. The SMILES string of the molecule is CC1CC(c2ncc3[nH]ccc3[n+]2O)CC(c2ccccc2)N1. The first-order valence-corrected chi connectivity index (χ1v) is 8.10. The van der Waals surface area contributed by atoms with Gasteiger partial charge in [0.1, 0.15) is 5.52 Å². The van der Waals surface area contributed by atoms with E-state index in [9.17, 15) is 5.21 Å². The van der Waals surface area contributed by atoms with Crippen LogP contribution in [0.4, 0.5) is 0 Å². The molecule has 118 valence electrons. The van der Waals surface area contributed by atoms with E-state index in [1.54, 1.807) is 0 Å². The van der Waals surface area contributed by atoms with Crippen molar-refractivity contribution in [3.05, 3.63) is 60.2 Å². The van der Waals surface area contributed by atoms with Gasteiger partial charge in [-0.05, 0) is 35.0 Å². The van der Waals surface area contributed by atoms with Crippen LogP contribution in [0.15, 0.2) is 48.8 Å². The van der Waals surface area contributed by atoms with Gasteiger partial charge in [0.15, 0.2) is 6.20 Å². The van der Waals surface area contributed by atoms with Gasteiger partial charge in [-0.15, -0.1) is 0 Å². The highest BCUT2D eigenvalue weighted by Crippen LogP contribution is 2.34. The van der Waals surface area contributed by atoms with Gasteiger partial charge in [-0.2, -0.15) is 0 Å². The van der Waals surface area contributed by atoms with Crippen LogP contribution in [0.1, 0.15) is 43.1 Å². The van der Waals surface area contributed by atoms with Crippen molar-refractivity contribution >= 4 is 11.0 Å². The van der Waals surface area contributed by atoms with Crippen LogP contribution >= 0.6 is 0 Å². The summed E-state index contributed by atoms with van der Waals surface area (Å²) in [4.78, 5) is 7.60. The fourth-order valence-corrected chi connectivity index (χ4v) is 3.66. The van der Waals surface area contributed by atoms with Crippen LogP contribution < -0.4 is 10.0 Å². The third kappa shape index (κ3) is 2.57. The summed E-state index contributed by atoms with van der Waals surface area (Å²) in [6.45, 7) is 2.19. The monoisotopic (exact) mass is 309 g/mol. The van der Waals surface area contributed by atoms with Gasteiger partial charge >= 0.3 is 5.82 Å². The molecule has 0 amide bonds. The van der Waals surface area contributed by atoms with Crippen LogP contribution in [0.25, 0.3) is 11.0 Å². The number of aromatic amines is 1. The van der Waals surface area contributed by atoms with Crippen molar-refractivity contribution in [3.8, 4) is 0 Å². The second-order valence-electron chi connectivity index (χ2n) is 6.40. The maximum absolute atomic E-state index is 10.5. The lowest BCUT2D eigenvalue weighted by atomic mass is 9.85. The summed E-state index contributed by atoms with van der Waals surface area (Å²) in [7, 11) is 0. The zero-order valence-corrected chi connectivity index (χ0v) is 13.1. The minimum Gasteiger partial charge on any atom is -0.355 e. The Morgan fingerprint density at radius 2 is 2.00 bits per heavy atom. The molecule has 0 aliphatic carbocycles. The van der Waals surface area contributed by atoms with Crippen LogP contribution in [0, 0.1) is 0 Å². The highest BCUT2D eigenvalue weighted by Gasteiger charge is 2.35. The number of H-pyrrole nitrogens is 1. The fraction of sp³-hybridized carbons (Fsp3) is 0.333. The Labute approximate surface area is 135 Å². The van der Waals surface area contributed by atoms with Gasteiger partial charge in [0.05, 0.1) is 5.92 Å². The van der Waals surface area contributed by atoms with Crippen LogP contribution in [0.3, 0.4) is 0 Å². The average Bonchev–Trinajstić information content (AvgIpc) is 3.05. The van der Waals surface area contributed by atoms with E-state index in [1.165, 1.54) is 10.3 Å². The van der Waals surface area contributed by atoms with Crippen LogP contribution in [-0.4, -0.2) is 21.2 Å². The Bertz CT molecular complexity index is 814. The molecule has 3 heterocycles. The third-order valence-electron chi connectivity index (χ3n) is 4.74. The Balaban J connectivity index is 1.68. The van der Waals surface area contributed by atoms with Gasteiger partial charge in [0, 0.05) is 24.3 Å². The maximum Gasteiger partial charge on any atom is 0.340 e. The molecule has 2 aromatic heterocycles. The van der Waals surface area contributed by atoms with E-state index >= 15 is 0 Å². The predicted octanol–water partition coefficient (Wildman–Crippen LogP) is 2.68. The number of hydrogen-bond acceptors (Lipinski definition) is 3. The number of aromatic nitrogens is 3. The van der Waals surface area contributed by atoms with Crippen molar-refractivity contribution in [1.82, 2.24) is 15.3 Å². The minimum atomic E-state index is 0.223. The van der Waals surface area contributed by atoms with Gasteiger partial charge in [0.25, 0.3) is 0 Å². The largest absolute Gasteiger partial charge is 0.355 e. The Morgan fingerprint density at radius 3 is 2.83 bits per heavy atom. The number of piperidine rings is 1. The van der Waals surface area contributed by atoms with Crippen molar-refractivity contribution in [2.75, 3.05) is 0 Å². The van der Waals surface area contributed by atoms with Gasteiger partial charge in [-0.3, -0.25) is 0 Å². The topological polar surface area (TPSA) is 64.8 Å². The van der Waals surface area contributed by atoms with E-state index in [2.05, 4.69) is 46.5 Å². The summed E-state index contributed by atoms with van der Waals surface area (Å²) in [5, 5.41) is 14.2. The van der Waals surface area contributed by atoms with E-state index in [4.69, 9.17) is 0 Å². The molecule has 3 aromatic rings. The molecule has 3 unspecified atom stereocenters. The molecule has 0 radical (unpaired) electrons. The summed E-state index contributed by atoms with van der Waals surface area (Å²) in [5.41, 5.74) is 2.91. The second kappa shape index (κ2) is 5.66. The molecule has 0 saturated carbocycles. The number of nitrogens with zero attached hydrogens (tertiary/aromatic N) is 2. The molecule has 1 aliphatic heterocycles. The number of benzene rings is 1. The van der Waals surface area contributed by atoms with Crippen LogP contribution in [0.2, 0.25) is 0 Å². The van der Waals surface area contributed by atoms with E-state index in [0.717, 1.165) is 29.7 Å². The fourth-order valence-electron chi connectivity index (χ4n) is 3.66. The summed E-state index contributed by atoms with van der Waals surface area (Å²) in [6, 6.07) is 13.0. The number of hydrogen-bond donors (Lipinski definition) is 3. The standard InChI is InChI=1S/C18H20N4O/c1-12-9-14(10-15(21-12)13-5-3-2-4-6-13)18-20-11-16-17(22(18)23)7-8-19-16/h2-8,11-12,14-15,21,23H,9-10H2,1H3/p+1. The molecule has 0 bridgehead atoms. The molecule has 23 heavy (non-hydrogen) atoms. The molecular weight excluding hydrogens is 288 g/mol. The molecule has 1 aliphatic rings. The molecule has 3 atom stereocenters. The quantitative estimate of drug-likeness (QED) is 0.504. The highest BCUT2D eigenvalue weighted by molar-refractivity contribution is 5.69. The number of nitrogens with one attached hydrogen (secondary N) is 2. The zero-order valence-electron chi connectivity index (χ0n) is 13.1.